The van der Waals surface area contributed by atoms with Crippen LogP contribution in [0.25, 0.3) is 0 Å². The Hall–Kier alpha value is -2.21. The Bertz CT molecular complexity index is 599. The number of rotatable bonds is 5. The van der Waals surface area contributed by atoms with Crippen LogP contribution in [0.4, 0.5) is 11.5 Å². The number of aromatic nitrogens is 1. The molecule has 0 aliphatic carbocycles. The average Bonchev–Trinajstić information content (AvgIpc) is 2.50. The summed E-state index contributed by atoms with van der Waals surface area (Å²) in [5.41, 5.74) is 6.27. The molecule has 0 saturated heterocycles. The first-order valence-electron chi connectivity index (χ1n) is 6.41. The number of benzene rings is 1. The Labute approximate surface area is 127 Å². The Morgan fingerprint density at radius 1 is 1.29 bits per heavy atom. The normalized spacial score (nSPS) is 11.7. The number of pyridine rings is 1. The van der Waals surface area contributed by atoms with Crippen LogP contribution in [-0.2, 0) is 4.79 Å². The van der Waals surface area contributed by atoms with Crippen molar-refractivity contribution in [3.8, 4) is 5.75 Å². The van der Waals surface area contributed by atoms with Crippen LogP contribution in [0.5, 0.6) is 5.75 Å². The van der Waals surface area contributed by atoms with E-state index in [-0.39, 0.29) is 11.2 Å². The third kappa shape index (κ3) is 4.39. The van der Waals surface area contributed by atoms with Crippen LogP contribution in [0.1, 0.15) is 6.92 Å². The number of nitrogens with zero attached hydrogens (tertiary/aromatic N) is 1. The van der Waals surface area contributed by atoms with E-state index in [1.165, 1.54) is 11.8 Å². The number of hydrogen-bond donors (Lipinski definition) is 2. The van der Waals surface area contributed by atoms with Gasteiger partial charge in [0.05, 0.1) is 12.4 Å². The van der Waals surface area contributed by atoms with Gasteiger partial charge in [0.1, 0.15) is 11.6 Å². The molecule has 6 heteroatoms. The summed E-state index contributed by atoms with van der Waals surface area (Å²) in [5, 5.41) is 2.63. The van der Waals surface area contributed by atoms with Gasteiger partial charge in [-0.1, -0.05) is 0 Å². The van der Waals surface area contributed by atoms with Gasteiger partial charge in [0, 0.05) is 16.8 Å². The van der Waals surface area contributed by atoms with Crippen molar-refractivity contribution in [1.82, 2.24) is 4.98 Å². The van der Waals surface area contributed by atoms with Gasteiger partial charge in [-0.15, -0.1) is 11.8 Å². The van der Waals surface area contributed by atoms with Gasteiger partial charge in [0.25, 0.3) is 0 Å². The highest BCUT2D eigenvalue weighted by molar-refractivity contribution is 8.00. The average molecular weight is 303 g/mol. The van der Waals surface area contributed by atoms with Crippen LogP contribution in [0, 0.1) is 0 Å². The van der Waals surface area contributed by atoms with E-state index in [2.05, 4.69) is 10.3 Å². The zero-order valence-corrected chi connectivity index (χ0v) is 12.7. The third-order valence-corrected chi connectivity index (χ3v) is 3.88. The molecule has 2 aromatic rings. The van der Waals surface area contributed by atoms with E-state index < -0.39 is 0 Å². The Balaban J connectivity index is 1.93. The predicted octanol–water partition coefficient (Wildman–Crippen LogP) is 2.79. The number of amides is 1. The topological polar surface area (TPSA) is 77.2 Å². The summed E-state index contributed by atoms with van der Waals surface area (Å²) in [7, 11) is 1.60. The van der Waals surface area contributed by atoms with Crippen molar-refractivity contribution >= 4 is 29.2 Å². The summed E-state index contributed by atoms with van der Waals surface area (Å²) in [6.45, 7) is 1.85. The largest absolute Gasteiger partial charge is 0.497 e. The number of anilines is 2. The van der Waals surface area contributed by atoms with Crippen molar-refractivity contribution in [3.05, 3.63) is 42.6 Å². The zero-order valence-electron chi connectivity index (χ0n) is 11.9. The minimum Gasteiger partial charge on any atom is -0.497 e. The Morgan fingerprint density at radius 2 is 2.00 bits per heavy atom. The molecule has 1 atom stereocenters. The molecule has 5 nitrogen and oxygen atoms in total. The van der Waals surface area contributed by atoms with Crippen LogP contribution >= 0.6 is 11.8 Å². The molecule has 1 heterocycles. The standard InChI is InChI=1S/C15H17N3O2S/c1-10(21-13-7-8-14(16)17-9-13)15(19)18-11-3-5-12(20-2)6-4-11/h3-10H,1-2H3,(H2,16,17)(H,18,19). The quantitative estimate of drug-likeness (QED) is 0.831. The molecule has 0 fully saturated rings. The smallest absolute Gasteiger partial charge is 0.237 e. The van der Waals surface area contributed by atoms with Crippen molar-refractivity contribution in [1.29, 1.82) is 0 Å². The first-order valence-corrected chi connectivity index (χ1v) is 7.29. The van der Waals surface area contributed by atoms with Gasteiger partial charge in [-0.25, -0.2) is 4.98 Å². The first kappa shape index (κ1) is 15.2. The molecule has 0 bridgehead atoms. The van der Waals surface area contributed by atoms with Crippen molar-refractivity contribution in [2.45, 2.75) is 17.1 Å². The summed E-state index contributed by atoms with van der Waals surface area (Å²) in [5.74, 6) is 1.15. The van der Waals surface area contributed by atoms with Crippen LogP contribution < -0.4 is 15.8 Å². The molecule has 0 aliphatic rings. The van der Waals surface area contributed by atoms with E-state index in [0.29, 0.717) is 5.82 Å². The number of ether oxygens (including phenoxy) is 1. The van der Waals surface area contributed by atoms with Crippen molar-refractivity contribution in [3.63, 3.8) is 0 Å². The highest BCUT2D eigenvalue weighted by Gasteiger charge is 2.14. The molecular weight excluding hydrogens is 286 g/mol. The molecule has 0 spiro atoms. The van der Waals surface area contributed by atoms with Crippen LogP contribution in [0.3, 0.4) is 0 Å². The molecule has 2 rings (SSSR count). The first-order chi connectivity index (χ1) is 10.1. The molecule has 21 heavy (non-hydrogen) atoms. The van der Waals surface area contributed by atoms with E-state index in [0.717, 1.165) is 16.3 Å². The molecule has 0 radical (unpaired) electrons. The lowest BCUT2D eigenvalue weighted by Crippen LogP contribution is -2.22. The molecule has 3 N–H and O–H groups in total. The van der Waals surface area contributed by atoms with Gasteiger partial charge in [-0.2, -0.15) is 0 Å². The number of methoxy groups -OCH3 is 1. The van der Waals surface area contributed by atoms with E-state index in [4.69, 9.17) is 10.5 Å². The van der Waals surface area contributed by atoms with E-state index in [9.17, 15) is 4.79 Å². The lowest BCUT2D eigenvalue weighted by molar-refractivity contribution is -0.115. The second-order valence-corrected chi connectivity index (χ2v) is 5.81. The number of nitrogens with one attached hydrogen (secondary N) is 1. The fraction of sp³-hybridized carbons (Fsp3) is 0.200. The number of nitrogens with two attached hydrogens (primary N) is 1. The maximum Gasteiger partial charge on any atom is 0.237 e. The number of hydrogen-bond acceptors (Lipinski definition) is 5. The second-order valence-electron chi connectivity index (χ2n) is 4.40. The minimum atomic E-state index is -0.238. The summed E-state index contributed by atoms with van der Waals surface area (Å²) in [6, 6.07) is 10.8. The predicted molar refractivity (Wildman–Crippen MR) is 85.6 cm³/mol. The van der Waals surface area contributed by atoms with Gasteiger partial charge in [0.15, 0.2) is 0 Å². The highest BCUT2D eigenvalue weighted by atomic mass is 32.2. The summed E-state index contributed by atoms with van der Waals surface area (Å²) in [4.78, 5) is 17.0. The van der Waals surface area contributed by atoms with Gasteiger partial charge in [0.2, 0.25) is 5.91 Å². The molecule has 1 aromatic heterocycles. The van der Waals surface area contributed by atoms with Crippen LogP contribution in [-0.4, -0.2) is 23.3 Å². The maximum atomic E-state index is 12.1. The Morgan fingerprint density at radius 3 is 2.57 bits per heavy atom. The Kier molecular flexibility index (Phi) is 5.05. The molecule has 1 unspecified atom stereocenters. The van der Waals surface area contributed by atoms with E-state index in [1.54, 1.807) is 43.6 Å². The summed E-state index contributed by atoms with van der Waals surface area (Å²) < 4.78 is 5.08. The monoisotopic (exact) mass is 303 g/mol. The second kappa shape index (κ2) is 6.99. The molecule has 0 saturated carbocycles. The summed E-state index contributed by atoms with van der Waals surface area (Å²) in [6.07, 6.45) is 1.66. The van der Waals surface area contributed by atoms with Crippen molar-refractivity contribution in [2.24, 2.45) is 0 Å². The van der Waals surface area contributed by atoms with Gasteiger partial charge in [-0.3, -0.25) is 4.79 Å². The van der Waals surface area contributed by atoms with Crippen molar-refractivity contribution < 1.29 is 9.53 Å². The molecule has 1 aromatic carbocycles. The lowest BCUT2D eigenvalue weighted by Gasteiger charge is -2.12. The molecule has 1 amide bonds. The zero-order chi connectivity index (χ0) is 15.2. The number of carbonyl (C=O) groups is 1. The maximum absolute atomic E-state index is 12.1. The summed E-state index contributed by atoms with van der Waals surface area (Å²) >= 11 is 1.43. The number of thioether (sulfide) groups is 1. The van der Waals surface area contributed by atoms with Gasteiger partial charge >= 0.3 is 0 Å². The fourth-order valence-electron chi connectivity index (χ4n) is 1.64. The van der Waals surface area contributed by atoms with E-state index in [1.807, 2.05) is 13.0 Å². The SMILES string of the molecule is COc1ccc(NC(=O)C(C)Sc2ccc(N)nc2)cc1. The van der Waals surface area contributed by atoms with Crippen LogP contribution in [0.15, 0.2) is 47.5 Å². The fourth-order valence-corrected chi connectivity index (χ4v) is 2.47. The number of nitrogen functional groups attached to an aromatic ring is 1. The number of carbonyl (C=O) groups excluding carboxylic acids is 1. The minimum absolute atomic E-state index is 0.0676. The third-order valence-electron chi connectivity index (χ3n) is 2.80. The molecular formula is C15H17N3O2S. The lowest BCUT2D eigenvalue weighted by atomic mass is 10.3. The molecule has 0 aliphatic heterocycles. The van der Waals surface area contributed by atoms with Crippen LogP contribution in [0.2, 0.25) is 0 Å². The molecule has 110 valence electrons. The van der Waals surface area contributed by atoms with Gasteiger partial charge < -0.3 is 15.8 Å². The van der Waals surface area contributed by atoms with E-state index >= 15 is 0 Å². The highest BCUT2D eigenvalue weighted by Crippen LogP contribution is 2.24. The van der Waals surface area contributed by atoms with Gasteiger partial charge in [-0.05, 0) is 43.3 Å². The van der Waals surface area contributed by atoms with Crippen molar-refractivity contribution in [2.75, 3.05) is 18.2 Å².